The predicted molar refractivity (Wildman–Crippen MR) is 132 cm³/mol. The summed E-state index contributed by atoms with van der Waals surface area (Å²) in [6.45, 7) is 9.68. The van der Waals surface area contributed by atoms with Crippen LogP contribution in [0.2, 0.25) is 0 Å². The van der Waals surface area contributed by atoms with Gasteiger partial charge in [0, 0.05) is 22.7 Å². The summed E-state index contributed by atoms with van der Waals surface area (Å²) < 4.78 is 5.42. The third kappa shape index (κ3) is 5.91. The average molecular weight is 449 g/mol. The number of benzene rings is 2. The Hall–Kier alpha value is -2.92. The van der Waals surface area contributed by atoms with Crippen molar-refractivity contribution < 1.29 is 14.3 Å². The number of aryl methyl sites for hydroxylation is 2. The van der Waals surface area contributed by atoms with Crippen molar-refractivity contribution in [2.24, 2.45) is 5.92 Å². The highest BCUT2D eigenvalue weighted by Gasteiger charge is 2.31. The van der Waals surface area contributed by atoms with Gasteiger partial charge in [-0.15, -0.1) is 6.58 Å². The van der Waals surface area contributed by atoms with Crippen LogP contribution in [-0.2, 0) is 0 Å². The van der Waals surface area contributed by atoms with Crippen molar-refractivity contribution in [2.75, 3.05) is 7.11 Å². The van der Waals surface area contributed by atoms with Crippen LogP contribution >= 0.6 is 0 Å². The van der Waals surface area contributed by atoms with Gasteiger partial charge in [-0.05, 0) is 70.2 Å². The van der Waals surface area contributed by atoms with Crippen molar-refractivity contribution in [3.05, 3.63) is 76.9 Å². The predicted octanol–water partition coefficient (Wildman–Crippen LogP) is 5.93. The summed E-state index contributed by atoms with van der Waals surface area (Å²) in [5, 5.41) is 1.22. The highest BCUT2D eigenvalue weighted by Crippen LogP contribution is 2.29. The lowest BCUT2D eigenvalue weighted by Gasteiger charge is -2.34. The van der Waals surface area contributed by atoms with E-state index in [4.69, 9.17) is 4.74 Å². The van der Waals surface area contributed by atoms with Gasteiger partial charge in [0.2, 0.25) is 0 Å². The average Bonchev–Trinajstić information content (AvgIpc) is 2.81. The Morgan fingerprint density at radius 2 is 1.76 bits per heavy atom. The van der Waals surface area contributed by atoms with E-state index in [2.05, 4.69) is 12.0 Å². The normalized spacial score (nSPS) is 15.0. The van der Waals surface area contributed by atoms with Crippen LogP contribution < -0.4 is 10.2 Å². The lowest BCUT2D eigenvalue weighted by molar-refractivity contribution is 0.0452. The number of hydrogen-bond acceptors (Lipinski definition) is 4. The maximum atomic E-state index is 13.8. The molecule has 33 heavy (non-hydrogen) atoms. The Bertz CT molecular complexity index is 988. The van der Waals surface area contributed by atoms with Gasteiger partial charge < -0.3 is 4.74 Å². The molecule has 0 bridgehead atoms. The standard InChI is InChI=1S/C28H36N2O3/c1-6-11-25(22-12-8-7-9-13-22)29-30(27(31)23-17-19(2)16-20(3)18-23)28(32)24-14-10-15-26(33-5)21(24)4/h6,10,14-18,22,25,29H,1,7-9,11-13H2,2-5H3/t25-/m1/s1. The van der Waals surface area contributed by atoms with E-state index in [1.807, 2.05) is 51.1 Å². The number of nitrogens with zero attached hydrogens (tertiary/aromatic N) is 1. The van der Waals surface area contributed by atoms with Gasteiger partial charge in [0.15, 0.2) is 0 Å². The minimum Gasteiger partial charge on any atom is -0.496 e. The van der Waals surface area contributed by atoms with Gasteiger partial charge in [-0.1, -0.05) is 48.6 Å². The molecule has 1 N–H and O–H groups in total. The largest absolute Gasteiger partial charge is 0.496 e. The smallest absolute Gasteiger partial charge is 0.275 e. The molecule has 5 nitrogen and oxygen atoms in total. The fraction of sp³-hybridized carbons (Fsp3) is 0.429. The van der Waals surface area contributed by atoms with E-state index in [1.54, 1.807) is 19.2 Å². The molecule has 0 aliphatic heterocycles. The second kappa shape index (κ2) is 11.3. The molecular formula is C28H36N2O3. The Morgan fingerprint density at radius 1 is 1.09 bits per heavy atom. The summed E-state index contributed by atoms with van der Waals surface area (Å²) in [6.07, 6.45) is 8.32. The molecule has 0 aromatic heterocycles. The molecule has 0 heterocycles. The quantitative estimate of drug-likeness (QED) is 0.309. The molecule has 1 aliphatic rings. The first kappa shape index (κ1) is 24.7. The lowest BCUT2D eigenvalue weighted by atomic mass is 9.83. The summed E-state index contributed by atoms with van der Waals surface area (Å²) in [5.41, 5.74) is 6.97. The summed E-state index contributed by atoms with van der Waals surface area (Å²) in [5.74, 6) is 0.291. The van der Waals surface area contributed by atoms with Gasteiger partial charge in [-0.2, -0.15) is 0 Å². The monoisotopic (exact) mass is 448 g/mol. The van der Waals surface area contributed by atoms with Crippen molar-refractivity contribution >= 4 is 11.8 Å². The van der Waals surface area contributed by atoms with Crippen molar-refractivity contribution in [2.45, 2.75) is 65.3 Å². The Kier molecular flexibility index (Phi) is 8.45. The number of carbonyl (C=O) groups is 2. The molecule has 1 saturated carbocycles. The van der Waals surface area contributed by atoms with Gasteiger partial charge in [0.25, 0.3) is 11.8 Å². The number of rotatable bonds is 8. The van der Waals surface area contributed by atoms with Crippen LogP contribution in [0.15, 0.2) is 49.1 Å². The Labute approximate surface area is 197 Å². The minimum absolute atomic E-state index is 0.0347. The molecule has 0 spiro atoms. The van der Waals surface area contributed by atoms with Crippen LogP contribution in [0, 0.1) is 26.7 Å². The summed E-state index contributed by atoms with van der Waals surface area (Å²) >= 11 is 0. The molecule has 5 heteroatoms. The van der Waals surface area contributed by atoms with Gasteiger partial charge in [-0.25, -0.2) is 10.4 Å². The number of imide groups is 1. The van der Waals surface area contributed by atoms with Crippen LogP contribution in [0.4, 0.5) is 0 Å². The SMILES string of the molecule is C=CC[C@@H](NN(C(=O)c1cc(C)cc(C)c1)C(=O)c1cccc(OC)c1C)C1CCCCC1. The zero-order valence-electron chi connectivity index (χ0n) is 20.3. The zero-order valence-corrected chi connectivity index (χ0v) is 20.3. The van der Waals surface area contributed by atoms with Crippen molar-refractivity contribution in [1.82, 2.24) is 10.4 Å². The number of amides is 2. The number of ether oxygens (including phenoxy) is 1. The van der Waals surface area contributed by atoms with Crippen molar-refractivity contribution in [3.8, 4) is 5.75 Å². The van der Waals surface area contributed by atoms with Crippen LogP contribution in [0.3, 0.4) is 0 Å². The lowest BCUT2D eigenvalue weighted by Crippen LogP contribution is -2.54. The number of methoxy groups -OCH3 is 1. The van der Waals surface area contributed by atoms with Crippen LogP contribution in [0.25, 0.3) is 0 Å². The molecule has 0 radical (unpaired) electrons. The first-order chi connectivity index (χ1) is 15.8. The summed E-state index contributed by atoms with van der Waals surface area (Å²) in [6, 6.07) is 11.0. The third-order valence-corrected chi connectivity index (χ3v) is 6.54. The molecular weight excluding hydrogens is 412 g/mol. The Balaban J connectivity index is 2.02. The van der Waals surface area contributed by atoms with E-state index in [-0.39, 0.29) is 17.9 Å². The fourth-order valence-corrected chi connectivity index (χ4v) is 4.86. The number of nitrogens with one attached hydrogen (secondary N) is 1. The molecule has 2 amide bonds. The van der Waals surface area contributed by atoms with Crippen LogP contribution in [0.1, 0.15) is 75.9 Å². The first-order valence-corrected chi connectivity index (χ1v) is 11.8. The van der Waals surface area contributed by atoms with Crippen LogP contribution in [0.5, 0.6) is 5.75 Å². The highest BCUT2D eigenvalue weighted by atomic mass is 16.5. The van der Waals surface area contributed by atoms with E-state index in [9.17, 15) is 9.59 Å². The number of hydrogen-bond donors (Lipinski definition) is 1. The van der Waals surface area contributed by atoms with Gasteiger partial charge >= 0.3 is 0 Å². The van der Waals surface area contributed by atoms with E-state index >= 15 is 0 Å². The minimum atomic E-state index is -0.375. The Morgan fingerprint density at radius 3 is 2.36 bits per heavy atom. The maximum Gasteiger partial charge on any atom is 0.275 e. The highest BCUT2D eigenvalue weighted by molar-refractivity contribution is 6.10. The molecule has 0 saturated heterocycles. The van der Waals surface area contributed by atoms with E-state index in [1.165, 1.54) is 24.3 Å². The second-order valence-electron chi connectivity index (χ2n) is 9.11. The fourth-order valence-electron chi connectivity index (χ4n) is 4.86. The van der Waals surface area contributed by atoms with Crippen LogP contribution in [-0.4, -0.2) is 30.0 Å². The molecule has 1 atom stereocenters. The molecule has 176 valence electrons. The second-order valence-corrected chi connectivity index (χ2v) is 9.11. The van der Waals surface area contributed by atoms with Gasteiger partial charge in [-0.3, -0.25) is 9.59 Å². The molecule has 2 aromatic rings. The zero-order chi connectivity index (χ0) is 24.0. The topological polar surface area (TPSA) is 58.6 Å². The van der Waals surface area contributed by atoms with Crippen molar-refractivity contribution in [3.63, 3.8) is 0 Å². The molecule has 1 fully saturated rings. The number of hydrazine groups is 1. The van der Waals surface area contributed by atoms with Gasteiger partial charge in [0.1, 0.15) is 5.75 Å². The summed E-state index contributed by atoms with van der Waals surface area (Å²) in [4.78, 5) is 27.5. The van der Waals surface area contributed by atoms with E-state index in [0.717, 1.165) is 24.0 Å². The van der Waals surface area contributed by atoms with Crippen molar-refractivity contribution in [1.29, 1.82) is 0 Å². The maximum absolute atomic E-state index is 13.8. The number of carbonyl (C=O) groups excluding carboxylic acids is 2. The molecule has 3 rings (SSSR count). The van der Waals surface area contributed by atoms with E-state index < -0.39 is 0 Å². The third-order valence-electron chi connectivity index (χ3n) is 6.54. The summed E-state index contributed by atoms with van der Waals surface area (Å²) in [7, 11) is 1.58. The van der Waals surface area contributed by atoms with Gasteiger partial charge in [0.05, 0.1) is 7.11 Å². The molecule has 1 aliphatic carbocycles. The van der Waals surface area contributed by atoms with E-state index in [0.29, 0.717) is 34.8 Å². The molecule has 2 aromatic carbocycles. The molecule has 0 unspecified atom stereocenters. The first-order valence-electron chi connectivity index (χ1n) is 11.8.